The fourth-order valence-corrected chi connectivity index (χ4v) is 7.58. The molecule has 1 atom stereocenters. The second kappa shape index (κ2) is 14.4. The predicted molar refractivity (Wildman–Crippen MR) is 183 cm³/mol. The molecule has 14 heteroatoms. The van der Waals surface area contributed by atoms with Crippen LogP contribution in [0.25, 0.3) is 11.1 Å². The molecule has 0 unspecified atom stereocenters. The number of halogens is 4. The molecule has 1 aromatic heterocycles. The molecule has 3 amide bonds. The third-order valence-corrected chi connectivity index (χ3v) is 10.6. The Bertz CT molecular complexity index is 1890. The van der Waals surface area contributed by atoms with E-state index in [0.29, 0.717) is 90.9 Å². The minimum absolute atomic E-state index is 0.178. The van der Waals surface area contributed by atoms with Gasteiger partial charge in [0.1, 0.15) is 17.6 Å². The van der Waals surface area contributed by atoms with Crippen LogP contribution in [0, 0.1) is 31.5 Å². The van der Waals surface area contributed by atoms with E-state index in [1.165, 1.54) is 22.8 Å². The Kier molecular flexibility index (Phi) is 10.1. The molecule has 3 aliphatic rings. The summed E-state index contributed by atoms with van der Waals surface area (Å²) in [5, 5.41) is 5.29. The fraction of sp³-hybridized carbons (Fsp3) is 0.459. The number of likely N-dealkylation sites (tertiary alicyclic amines) is 1. The number of hydrogen-bond donors (Lipinski definition) is 2. The summed E-state index contributed by atoms with van der Waals surface area (Å²) in [6, 6.07) is 8.33. The Labute approximate surface area is 292 Å². The highest BCUT2D eigenvalue weighted by Crippen LogP contribution is 2.37. The summed E-state index contributed by atoms with van der Waals surface area (Å²) in [6.45, 7) is 5.48. The SMILES string of the molecule is Cc1c(-c2ccc(C(=O)N3CCC(C4CCN(c5ccc(N[C@H]6CCC(=O)NC6=O)cc5F)CC4)CC3)c(OC(F)(F)F)c2)cn(C)c(=O)c1C. The number of aromatic nitrogens is 1. The highest BCUT2D eigenvalue weighted by Gasteiger charge is 2.36. The Hall–Kier alpha value is -4.88. The van der Waals surface area contributed by atoms with Gasteiger partial charge >= 0.3 is 6.36 Å². The van der Waals surface area contributed by atoms with Gasteiger partial charge in [-0.05, 0) is 99.2 Å². The van der Waals surface area contributed by atoms with E-state index in [4.69, 9.17) is 0 Å². The number of nitrogens with one attached hydrogen (secondary N) is 2. The smallest absolute Gasteiger partial charge is 0.405 e. The zero-order valence-electron chi connectivity index (χ0n) is 28.7. The van der Waals surface area contributed by atoms with E-state index in [2.05, 4.69) is 15.4 Å². The van der Waals surface area contributed by atoms with Crippen molar-refractivity contribution in [1.29, 1.82) is 0 Å². The molecule has 4 heterocycles. The Morgan fingerprint density at radius 1 is 0.902 bits per heavy atom. The maximum absolute atomic E-state index is 15.2. The van der Waals surface area contributed by atoms with Gasteiger partial charge < -0.3 is 24.4 Å². The summed E-state index contributed by atoms with van der Waals surface area (Å²) in [7, 11) is 1.57. The molecule has 3 saturated heterocycles. The zero-order valence-corrected chi connectivity index (χ0v) is 28.7. The molecular weight excluding hydrogens is 670 g/mol. The number of ether oxygens (including phenoxy) is 1. The van der Waals surface area contributed by atoms with Crippen LogP contribution in [-0.2, 0) is 16.6 Å². The summed E-state index contributed by atoms with van der Waals surface area (Å²) in [4.78, 5) is 53.0. The molecular formula is C37H41F4N5O5. The number of pyridine rings is 1. The number of anilines is 2. The van der Waals surface area contributed by atoms with Gasteiger partial charge in [-0.15, -0.1) is 13.2 Å². The van der Waals surface area contributed by atoms with Crippen LogP contribution in [0.2, 0.25) is 0 Å². The van der Waals surface area contributed by atoms with Crippen LogP contribution in [0.3, 0.4) is 0 Å². The van der Waals surface area contributed by atoms with Gasteiger partial charge in [-0.1, -0.05) is 6.07 Å². The number of aryl methyl sites for hydroxylation is 1. The minimum Gasteiger partial charge on any atom is -0.405 e. The average Bonchev–Trinajstić information content (AvgIpc) is 3.09. The van der Waals surface area contributed by atoms with Gasteiger partial charge in [0.15, 0.2) is 0 Å². The van der Waals surface area contributed by atoms with Crippen molar-refractivity contribution >= 4 is 29.1 Å². The van der Waals surface area contributed by atoms with Crippen molar-refractivity contribution in [2.45, 2.75) is 64.8 Å². The lowest BCUT2D eigenvalue weighted by Gasteiger charge is -2.41. The number of alkyl halides is 3. The summed E-state index contributed by atoms with van der Waals surface area (Å²) in [5.74, 6) is -1.57. The van der Waals surface area contributed by atoms with E-state index in [0.717, 1.165) is 12.8 Å². The van der Waals surface area contributed by atoms with Crippen molar-refractivity contribution in [2.24, 2.45) is 18.9 Å². The molecule has 0 saturated carbocycles. The number of imide groups is 1. The van der Waals surface area contributed by atoms with Crippen molar-refractivity contribution in [3.8, 4) is 16.9 Å². The number of nitrogens with zero attached hydrogens (tertiary/aromatic N) is 3. The highest BCUT2D eigenvalue weighted by atomic mass is 19.4. The van der Waals surface area contributed by atoms with Crippen molar-refractivity contribution in [3.63, 3.8) is 0 Å². The molecule has 51 heavy (non-hydrogen) atoms. The predicted octanol–water partition coefficient (Wildman–Crippen LogP) is 5.69. The first-order chi connectivity index (χ1) is 24.2. The lowest BCUT2D eigenvalue weighted by Crippen LogP contribution is -2.47. The average molecular weight is 712 g/mol. The lowest BCUT2D eigenvalue weighted by molar-refractivity contribution is -0.274. The minimum atomic E-state index is -5.01. The molecule has 10 nitrogen and oxygen atoms in total. The molecule has 6 rings (SSSR count). The Balaban J connectivity index is 1.06. The van der Waals surface area contributed by atoms with Crippen molar-refractivity contribution in [2.75, 3.05) is 36.4 Å². The number of piperidine rings is 3. The van der Waals surface area contributed by atoms with E-state index >= 15 is 4.39 Å². The topological polar surface area (TPSA) is 113 Å². The molecule has 3 fully saturated rings. The molecule has 0 spiro atoms. The second-order valence-electron chi connectivity index (χ2n) is 13.7. The van der Waals surface area contributed by atoms with Gasteiger partial charge in [0, 0.05) is 62.7 Å². The summed E-state index contributed by atoms with van der Waals surface area (Å²) < 4.78 is 61.5. The van der Waals surface area contributed by atoms with Crippen LogP contribution in [-0.4, -0.2) is 65.8 Å². The standard InChI is InChI=1S/C37H41F4N5O5/c1-21-22(2)35(49)44(3)20-28(21)25-4-6-27(32(18-25)51-37(39,40)41)36(50)46-16-12-24(13-17-46)23-10-14-45(15-11-23)31-8-5-26(19-29(31)38)42-30-7-9-33(47)43-34(30)48/h4-6,8,18-20,23-24,30,42H,7,9-17H2,1-3H3,(H,43,47,48)/t30-/m0/s1. The first kappa shape index (κ1) is 35.9. The largest absolute Gasteiger partial charge is 0.573 e. The molecule has 3 aliphatic heterocycles. The molecule has 2 aromatic carbocycles. The number of rotatable bonds is 7. The Morgan fingerprint density at radius 2 is 1.57 bits per heavy atom. The van der Waals surface area contributed by atoms with Crippen LogP contribution in [0.5, 0.6) is 5.75 Å². The van der Waals surface area contributed by atoms with Gasteiger partial charge in [0.2, 0.25) is 11.8 Å². The first-order valence-corrected chi connectivity index (χ1v) is 17.2. The number of amides is 3. The van der Waals surface area contributed by atoms with Crippen LogP contribution in [0.4, 0.5) is 28.9 Å². The van der Waals surface area contributed by atoms with E-state index < -0.39 is 35.8 Å². The second-order valence-corrected chi connectivity index (χ2v) is 13.7. The zero-order chi connectivity index (χ0) is 36.6. The van der Waals surface area contributed by atoms with E-state index in [9.17, 15) is 32.3 Å². The summed E-state index contributed by atoms with van der Waals surface area (Å²) in [5.41, 5.74) is 2.63. The van der Waals surface area contributed by atoms with Gasteiger partial charge in [0.05, 0.1) is 11.3 Å². The Morgan fingerprint density at radius 3 is 2.20 bits per heavy atom. The normalized spacial score (nSPS) is 19.2. The van der Waals surface area contributed by atoms with Gasteiger partial charge in [-0.2, -0.15) is 0 Å². The third kappa shape index (κ3) is 7.89. The third-order valence-electron chi connectivity index (χ3n) is 10.6. The number of carbonyl (C=O) groups excluding carboxylic acids is 3. The molecule has 3 aromatic rings. The van der Waals surface area contributed by atoms with E-state index in [-0.39, 0.29) is 23.5 Å². The molecule has 0 aliphatic carbocycles. The maximum atomic E-state index is 15.2. The monoisotopic (exact) mass is 711 g/mol. The molecule has 272 valence electrons. The fourth-order valence-electron chi connectivity index (χ4n) is 7.58. The summed E-state index contributed by atoms with van der Waals surface area (Å²) in [6.07, 6.45) is 0.193. The van der Waals surface area contributed by atoms with Crippen molar-refractivity contribution in [3.05, 3.63) is 75.5 Å². The van der Waals surface area contributed by atoms with Crippen molar-refractivity contribution < 1.29 is 36.7 Å². The number of hydrogen-bond acceptors (Lipinski definition) is 7. The number of benzene rings is 2. The van der Waals surface area contributed by atoms with Crippen LogP contribution in [0.15, 0.2) is 47.4 Å². The van der Waals surface area contributed by atoms with Gasteiger partial charge in [0.25, 0.3) is 11.5 Å². The molecule has 2 N–H and O–H groups in total. The molecule has 0 radical (unpaired) electrons. The lowest BCUT2D eigenvalue weighted by atomic mass is 9.78. The maximum Gasteiger partial charge on any atom is 0.573 e. The molecule has 0 bridgehead atoms. The van der Waals surface area contributed by atoms with Crippen molar-refractivity contribution in [1.82, 2.24) is 14.8 Å². The van der Waals surface area contributed by atoms with Crippen LogP contribution >= 0.6 is 0 Å². The van der Waals surface area contributed by atoms with Crippen LogP contribution in [0.1, 0.15) is 60.0 Å². The van der Waals surface area contributed by atoms with Gasteiger partial charge in [-0.3, -0.25) is 24.5 Å². The number of carbonyl (C=O) groups is 3. The van der Waals surface area contributed by atoms with Gasteiger partial charge in [-0.25, -0.2) is 4.39 Å². The first-order valence-electron chi connectivity index (χ1n) is 17.2. The summed E-state index contributed by atoms with van der Waals surface area (Å²) >= 11 is 0. The quantitative estimate of drug-likeness (QED) is 0.239. The highest BCUT2D eigenvalue weighted by molar-refractivity contribution is 6.01. The van der Waals surface area contributed by atoms with Crippen LogP contribution < -0.4 is 25.8 Å². The van der Waals surface area contributed by atoms with E-state index in [1.54, 1.807) is 50.2 Å². The van der Waals surface area contributed by atoms with E-state index in [1.807, 2.05) is 4.90 Å².